The Morgan fingerprint density at radius 1 is 0.742 bits per heavy atom. The minimum atomic E-state index is -0.167. The van der Waals surface area contributed by atoms with Gasteiger partial charge in [0, 0.05) is 5.41 Å². The molecular weight excluding hydrogens is 376 g/mol. The Kier molecular flexibility index (Phi) is 4.66. The molecule has 5 aliphatic carbocycles. The van der Waals surface area contributed by atoms with Gasteiger partial charge < -0.3 is 5.11 Å². The zero-order chi connectivity index (χ0) is 22.7. The fraction of sp³-hybridized carbons (Fsp3) is 0.933. The third-order valence-electron chi connectivity index (χ3n) is 13.1. The van der Waals surface area contributed by atoms with E-state index >= 15 is 0 Å². The first kappa shape index (κ1) is 22.5. The molecule has 0 radical (unpaired) electrons. The maximum absolute atomic E-state index is 10.8. The Labute approximate surface area is 192 Å². The largest absolute Gasteiger partial charge is 0.392 e. The van der Waals surface area contributed by atoms with E-state index < -0.39 is 0 Å². The lowest BCUT2D eigenvalue weighted by Crippen LogP contribution is -2.65. The summed E-state index contributed by atoms with van der Waals surface area (Å²) in [5, 5.41) is 10.8. The number of rotatable bonds is 0. The summed E-state index contributed by atoms with van der Waals surface area (Å²) in [4.78, 5) is 0. The van der Waals surface area contributed by atoms with E-state index in [-0.39, 0.29) is 11.5 Å². The van der Waals surface area contributed by atoms with Crippen molar-refractivity contribution >= 4 is 0 Å². The first-order valence-electron chi connectivity index (χ1n) is 13.6. The van der Waals surface area contributed by atoms with E-state index in [1.165, 1.54) is 57.8 Å². The second-order valence-electron chi connectivity index (χ2n) is 15.2. The molecule has 0 saturated heterocycles. The summed E-state index contributed by atoms with van der Waals surface area (Å²) in [6.07, 6.45) is 15.9. The summed E-state index contributed by atoms with van der Waals surface area (Å²) in [6, 6.07) is 0. The molecular formula is C30H50O. The molecule has 0 aromatic heterocycles. The minimum Gasteiger partial charge on any atom is -0.392 e. The molecule has 0 spiro atoms. The van der Waals surface area contributed by atoms with Gasteiger partial charge in [-0.25, -0.2) is 0 Å². The van der Waals surface area contributed by atoms with Crippen LogP contribution in [0.5, 0.6) is 0 Å². The Morgan fingerprint density at radius 2 is 1.35 bits per heavy atom. The van der Waals surface area contributed by atoms with Gasteiger partial charge in [-0.1, -0.05) is 67.0 Å². The minimum absolute atomic E-state index is 0.0446. The predicted molar refractivity (Wildman–Crippen MR) is 131 cm³/mol. The average Bonchev–Trinajstić information content (AvgIpc) is 2.68. The van der Waals surface area contributed by atoms with Crippen molar-refractivity contribution in [3.05, 3.63) is 11.6 Å². The Balaban J connectivity index is 1.57. The van der Waals surface area contributed by atoms with Crippen molar-refractivity contribution in [2.24, 2.45) is 50.2 Å². The Hall–Kier alpha value is -0.300. The van der Waals surface area contributed by atoms with E-state index in [2.05, 4.69) is 61.5 Å². The summed E-state index contributed by atoms with van der Waals surface area (Å²) in [5.74, 6) is 2.36. The lowest BCUT2D eigenvalue weighted by molar-refractivity contribution is -0.230. The van der Waals surface area contributed by atoms with Crippen LogP contribution in [0.2, 0.25) is 0 Å². The average molecular weight is 427 g/mol. The van der Waals surface area contributed by atoms with E-state index in [1.54, 1.807) is 5.57 Å². The Bertz CT molecular complexity index is 790. The van der Waals surface area contributed by atoms with Gasteiger partial charge in [-0.3, -0.25) is 0 Å². The first-order chi connectivity index (χ1) is 14.2. The van der Waals surface area contributed by atoms with E-state index in [0.29, 0.717) is 33.0 Å². The molecule has 5 aliphatic rings. The van der Waals surface area contributed by atoms with Crippen LogP contribution in [0.15, 0.2) is 11.6 Å². The van der Waals surface area contributed by atoms with Gasteiger partial charge in [0.15, 0.2) is 0 Å². The predicted octanol–water partition coefficient (Wildman–Crippen LogP) is 8.17. The van der Waals surface area contributed by atoms with E-state index in [1.807, 2.05) is 0 Å². The maximum atomic E-state index is 10.8. The third kappa shape index (κ3) is 2.77. The first-order valence-corrected chi connectivity index (χ1v) is 13.6. The summed E-state index contributed by atoms with van der Waals surface area (Å²) in [5.41, 5.74) is 3.96. The van der Waals surface area contributed by atoms with Crippen LogP contribution >= 0.6 is 0 Å². The third-order valence-corrected chi connectivity index (χ3v) is 13.1. The molecule has 1 nitrogen and oxygen atoms in total. The summed E-state index contributed by atoms with van der Waals surface area (Å²) in [7, 11) is 0. The van der Waals surface area contributed by atoms with Crippen LogP contribution in [-0.4, -0.2) is 11.2 Å². The molecule has 0 amide bonds. The van der Waals surface area contributed by atoms with Crippen LogP contribution in [0.1, 0.15) is 120 Å². The smallest absolute Gasteiger partial charge is 0.0628 e. The SMILES string of the molecule is CC1(C)CC[C@]2(C)CC[C@@]3(C)[C@H]4CC=C5[C@@H](CC[C@H](O)C5(C)C)[C@]4(C)CC[C@]3(C)[C@@H]2C1. The van der Waals surface area contributed by atoms with Gasteiger partial charge in [0.25, 0.3) is 0 Å². The lowest BCUT2D eigenvalue weighted by Gasteiger charge is -2.73. The topological polar surface area (TPSA) is 20.2 Å². The van der Waals surface area contributed by atoms with Gasteiger partial charge in [-0.05, 0) is 109 Å². The van der Waals surface area contributed by atoms with Crippen LogP contribution in [-0.2, 0) is 0 Å². The highest BCUT2D eigenvalue weighted by Crippen LogP contribution is 2.77. The highest BCUT2D eigenvalue weighted by molar-refractivity contribution is 5.30. The molecule has 4 saturated carbocycles. The molecule has 4 fully saturated rings. The van der Waals surface area contributed by atoms with Crippen molar-refractivity contribution in [2.45, 2.75) is 126 Å². The van der Waals surface area contributed by atoms with Gasteiger partial charge >= 0.3 is 0 Å². The monoisotopic (exact) mass is 426 g/mol. The molecule has 0 aromatic carbocycles. The fourth-order valence-corrected chi connectivity index (χ4v) is 10.4. The van der Waals surface area contributed by atoms with Crippen LogP contribution in [0.4, 0.5) is 0 Å². The molecule has 0 aromatic rings. The van der Waals surface area contributed by atoms with E-state index in [9.17, 15) is 5.11 Å². The second-order valence-corrected chi connectivity index (χ2v) is 15.2. The Morgan fingerprint density at radius 3 is 2.06 bits per heavy atom. The van der Waals surface area contributed by atoms with Crippen LogP contribution in [0.3, 0.4) is 0 Å². The molecule has 0 heterocycles. The molecule has 31 heavy (non-hydrogen) atoms. The standard InChI is InChI=1S/C30H50O/c1-25(2)13-14-27(5)15-17-29(7)22-11-9-20-21(10-12-24(31)26(20,3)4)28(22,6)16-18-30(29,8)23(27)19-25/h9,21-24,31H,10-19H2,1-8H3/t21-,22+,23-,24+,27-,28+,29+,30-/m1/s1. The number of allylic oxidation sites excluding steroid dienone is 1. The number of hydrogen-bond donors (Lipinski definition) is 1. The van der Waals surface area contributed by atoms with E-state index in [0.717, 1.165) is 18.3 Å². The van der Waals surface area contributed by atoms with Crippen molar-refractivity contribution in [3.8, 4) is 0 Å². The molecule has 0 unspecified atom stereocenters. The molecule has 1 N–H and O–H groups in total. The van der Waals surface area contributed by atoms with Crippen molar-refractivity contribution < 1.29 is 5.11 Å². The number of hydrogen-bond acceptors (Lipinski definition) is 1. The number of aliphatic hydroxyl groups is 1. The van der Waals surface area contributed by atoms with Gasteiger partial charge in [0.2, 0.25) is 0 Å². The van der Waals surface area contributed by atoms with Crippen LogP contribution in [0, 0.1) is 50.2 Å². The van der Waals surface area contributed by atoms with Crippen molar-refractivity contribution in [1.82, 2.24) is 0 Å². The van der Waals surface area contributed by atoms with Crippen molar-refractivity contribution in [3.63, 3.8) is 0 Å². The van der Waals surface area contributed by atoms with E-state index in [4.69, 9.17) is 0 Å². The lowest BCUT2D eigenvalue weighted by atomic mass is 9.31. The molecule has 8 atom stereocenters. The fourth-order valence-electron chi connectivity index (χ4n) is 10.4. The summed E-state index contributed by atoms with van der Waals surface area (Å²) >= 11 is 0. The van der Waals surface area contributed by atoms with Crippen LogP contribution in [0.25, 0.3) is 0 Å². The molecule has 5 rings (SSSR count). The zero-order valence-corrected chi connectivity index (χ0v) is 21.9. The van der Waals surface area contributed by atoms with Crippen molar-refractivity contribution in [2.75, 3.05) is 0 Å². The number of fused-ring (bicyclic) bond motifs is 7. The van der Waals surface area contributed by atoms with Crippen LogP contribution < -0.4 is 0 Å². The van der Waals surface area contributed by atoms with Crippen molar-refractivity contribution in [1.29, 1.82) is 0 Å². The highest BCUT2D eigenvalue weighted by Gasteiger charge is 2.69. The molecule has 0 aliphatic heterocycles. The number of aliphatic hydroxyl groups excluding tert-OH is 1. The quantitative estimate of drug-likeness (QED) is 0.387. The maximum Gasteiger partial charge on any atom is 0.0628 e. The van der Waals surface area contributed by atoms with Gasteiger partial charge in [0.1, 0.15) is 0 Å². The molecule has 1 heteroatoms. The molecule has 176 valence electrons. The van der Waals surface area contributed by atoms with Gasteiger partial charge in [-0.2, -0.15) is 0 Å². The normalized spacial score (nSPS) is 55.2. The van der Waals surface area contributed by atoms with Gasteiger partial charge in [0.05, 0.1) is 6.10 Å². The summed E-state index contributed by atoms with van der Waals surface area (Å²) in [6.45, 7) is 20.5. The second kappa shape index (κ2) is 6.43. The zero-order valence-electron chi connectivity index (χ0n) is 21.9. The summed E-state index contributed by atoms with van der Waals surface area (Å²) < 4.78 is 0. The molecule has 0 bridgehead atoms. The highest BCUT2D eigenvalue weighted by atomic mass is 16.3. The van der Waals surface area contributed by atoms with Gasteiger partial charge in [-0.15, -0.1) is 0 Å².